The molecule has 0 aliphatic carbocycles. The standard InChI is InChI=1S/C6H15Cl3Si2/c1-6(2,3)10(4,5)11(7,8)9/h1-5H3. The summed E-state index contributed by atoms with van der Waals surface area (Å²) in [6, 6.07) is 0. The molecule has 11 heavy (non-hydrogen) atoms. The lowest BCUT2D eigenvalue weighted by molar-refractivity contribution is 0.734. The van der Waals surface area contributed by atoms with E-state index in [0.29, 0.717) is 0 Å². The summed E-state index contributed by atoms with van der Waals surface area (Å²) in [6.07, 6.45) is 0. The Balaban J connectivity index is 4.75. The van der Waals surface area contributed by atoms with Crippen molar-refractivity contribution in [3.8, 4) is 0 Å². The summed E-state index contributed by atoms with van der Waals surface area (Å²) >= 11 is 18.1. The zero-order chi connectivity index (χ0) is 9.50. The van der Waals surface area contributed by atoms with Crippen molar-refractivity contribution < 1.29 is 0 Å². The topological polar surface area (TPSA) is 0 Å². The van der Waals surface area contributed by atoms with Crippen molar-refractivity contribution in [1.82, 2.24) is 0 Å². The minimum Gasteiger partial charge on any atom is -0.130 e. The summed E-state index contributed by atoms with van der Waals surface area (Å²) in [5.74, 6) is 0. The molecule has 0 saturated heterocycles. The van der Waals surface area contributed by atoms with Gasteiger partial charge in [0.1, 0.15) is 7.59 Å². The van der Waals surface area contributed by atoms with Gasteiger partial charge in [0.15, 0.2) is 0 Å². The lowest BCUT2D eigenvalue weighted by Crippen LogP contribution is -2.53. The van der Waals surface area contributed by atoms with Gasteiger partial charge in [0.2, 0.25) is 0 Å². The van der Waals surface area contributed by atoms with Crippen LogP contribution in [0.15, 0.2) is 0 Å². The highest BCUT2D eigenvalue weighted by atomic mass is 35.8. The molecule has 0 spiro atoms. The van der Waals surface area contributed by atoms with Gasteiger partial charge in [-0.3, -0.25) is 0 Å². The maximum atomic E-state index is 6.04. The highest BCUT2D eigenvalue weighted by Gasteiger charge is 2.53. The average molecular weight is 250 g/mol. The van der Waals surface area contributed by atoms with Crippen LogP contribution in [0.3, 0.4) is 0 Å². The largest absolute Gasteiger partial charge is 0.324 e. The Kier molecular flexibility index (Phi) is 3.60. The Morgan fingerprint density at radius 2 is 1.18 bits per heavy atom. The molecule has 0 nitrogen and oxygen atoms in total. The molecule has 0 atom stereocenters. The Morgan fingerprint density at radius 1 is 0.909 bits per heavy atom. The van der Waals surface area contributed by atoms with Crippen molar-refractivity contribution in [3.63, 3.8) is 0 Å². The van der Waals surface area contributed by atoms with Gasteiger partial charge in [-0.25, -0.2) is 0 Å². The second-order valence-corrected chi connectivity index (χ2v) is 25.8. The van der Waals surface area contributed by atoms with Crippen LogP contribution in [0.2, 0.25) is 18.1 Å². The van der Waals surface area contributed by atoms with E-state index in [2.05, 4.69) is 33.9 Å². The summed E-state index contributed by atoms with van der Waals surface area (Å²) in [6.45, 7) is 10.8. The molecule has 0 aliphatic rings. The van der Waals surface area contributed by atoms with Gasteiger partial charge in [0.05, 0.1) is 0 Å². The van der Waals surface area contributed by atoms with E-state index in [-0.39, 0.29) is 5.04 Å². The Hall–Kier alpha value is 1.30. The van der Waals surface area contributed by atoms with Gasteiger partial charge >= 0.3 is 5.52 Å². The van der Waals surface area contributed by atoms with Crippen molar-refractivity contribution in [2.24, 2.45) is 0 Å². The van der Waals surface area contributed by atoms with Crippen LogP contribution in [0.4, 0.5) is 0 Å². The van der Waals surface area contributed by atoms with Gasteiger partial charge < -0.3 is 0 Å². The van der Waals surface area contributed by atoms with Crippen LogP contribution in [-0.2, 0) is 0 Å². The molecule has 0 heterocycles. The second-order valence-electron chi connectivity index (χ2n) is 4.37. The molecule has 0 radical (unpaired) electrons. The molecule has 0 aromatic heterocycles. The van der Waals surface area contributed by atoms with Gasteiger partial charge in [0, 0.05) is 0 Å². The van der Waals surface area contributed by atoms with Gasteiger partial charge in [0.25, 0.3) is 0 Å². The molecule has 0 bridgehead atoms. The minimum atomic E-state index is -2.46. The Labute approximate surface area is 85.1 Å². The molecule has 0 unspecified atom stereocenters. The third-order valence-electron chi connectivity index (χ3n) is 2.58. The fourth-order valence-electron chi connectivity index (χ4n) is 0.425. The van der Waals surface area contributed by atoms with E-state index in [1.54, 1.807) is 0 Å². The maximum Gasteiger partial charge on any atom is 0.324 e. The van der Waals surface area contributed by atoms with Crippen molar-refractivity contribution in [3.05, 3.63) is 0 Å². The molecule has 68 valence electrons. The van der Waals surface area contributed by atoms with Crippen molar-refractivity contribution >= 4 is 46.3 Å². The Morgan fingerprint density at radius 3 is 1.18 bits per heavy atom. The van der Waals surface area contributed by atoms with Crippen molar-refractivity contribution in [1.29, 1.82) is 0 Å². The molecule has 0 amide bonds. The molecule has 0 fully saturated rings. The first-order chi connectivity index (χ1) is 4.50. The predicted octanol–water partition coefficient (Wildman–Crippen LogP) is 4.23. The molecular weight excluding hydrogens is 235 g/mol. The quantitative estimate of drug-likeness (QED) is 0.482. The molecule has 0 rings (SSSR count). The second kappa shape index (κ2) is 3.22. The molecule has 0 aliphatic heterocycles. The SMILES string of the molecule is CC(C)(C)[Si](C)(C)[Si](Cl)(Cl)Cl. The summed E-state index contributed by atoms with van der Waals surface area (Å²) in [4.78, 5) is 0. The van der Waals surface area contributed by atoms with E-state index >= 15 is 0 Å². The first-order valence-electron chi connectivity index (χ1n) is 3.57. The summed E-state index contributed by atoms with van der Waals surface area (Å²) < 4.78 is 0. The van der Waals surface area contributed by atoms with Crippen LogP contribution in [0.1, 0.15) is 20.8 Å². The number of rotatable bonds is 1. The molecule has 0 saturated carbocycles. The third-order valence-corrected chi connectivity index (χ3v) is 27.0. The van der Waals surface area contributed by atoms with Crippen LogP contribution < -0.4 is 0 Å². The van der Waals surface area contributed by atoms with Gasteiger partial charge in [-0.15, -0.1) is 33.2 Å². The molecular formula is C6H15Cl3Si2. The zero-order valence-electron chi connectivity index (χ0n) is 7.63. The average Bonchev–Trinajstić information content (AvgIpc) is 1.58. The molecule has 5 heteroatoms. The fourth-order valence-corrected chi connectivity index (χ4v) is 11.5. The van der Waals surface area contributed by atoms with Crippen molar-refractivity contribution in [2.45, 2.75) is 38.9 Å². The van der Waals surface area contributed by atoms with Crippen LogP contribution in [0, 0.1) is 0 Å². The third kappa shape index (κ3) is 2.63. The summed E-state index contributed by atoms with van der Waals surface area (Å²) in [7, 11) is -1.67. The van der Waals surface area contributed by atoms with E-state index < -0.39 is 13.1 Å². The number of hydrogen-bond acceptors (Lipinski definition) is 0. The smallest absolute Gasteiger partial charge is 0.130 e. The summed E-state index contributed by atoms with van der Waals surface area (Å²) in [5, 5.41) is 0.185. The van der Waals surface area contributed by atoms with E-state index in [4.69, 9.17) is 33.2 Å². The van der Waals surface area contributed by atoms with Gasteiger partial charge in [-0.1, -0.05) is 33.9 Å². The van der Waals surface area contributed by atoms with Crippen LogP contribution in [0.5, 0.6) is 0 Å². The van der Waals surface area contributed by atoms with Gasteiger partial charge in [-0.2, -0.15) is 0 Å². The normalized spacial score (nSPS) is 15.3. The number of halogens is 3. The van der Waals surface area contributed by atoms with Gasteiger partial charge in [-0.05, 0) is 5.04 Å². The van der Waals surface area contributed by atoms with Crippen LogP contribution >= 0.6 is 33.2 Å². The van der Waals surface area contributed by atoms with E-state index in [9.17, 15) is 0 Å². The molecule has 0 aromatic carbocycles. The number of hydrogen-bond donors (Lipinski definition) is 0. The highest BCUT2D eigenvalue weighted by Crippen LogP contribution is 2.46. The highest BCUT2D eigenvalue weighted by molar-refractivity contribution is 7.89. The lowest BCUT2D eigenvalue weighted by atomic mass is 10.2. The minimum absolute atomic E-state index is 0.185. The first kappa shape index (κ1) is 12.3. The van der Waals surface area contributed by atoms with Crippen LogP contribution in [-0.4, -0.2) is 13.1 Å². The predicted molar refractivity (Wildman–Crippen MR) is 60.5 cm³/mol. The van der Waals surface area contributed by atoms with E-state index in [0.717, 1.165) is 0 Å². The van der Waals surface area contributed by atoms with Crippen molar-refractivity contribution in [2.75, 3.05) is 0 Å². The van der Waals surface area contributed by atoms with Crippen LogP contribution in [0.25, 0.3) is 0 Å². The maximum absolute atomic E-state index is 6.04. The van der Waals surface area contributed by atoms with E-state index in [1.807, 2.05) is 0 Å². The fraction of sp³-hybridized carbons (Fsp3) is 1.00. The first-order valence-corrected chi connectivity index (χ1v) is 12.6. The monoisotopic (exact) mass is 248 g/mol. The molecule has 0 N–H and O–H groups in total. The molecule has 0 aromatic rings. The summed E-state index contributed by atoms with van der Waals surface area (Å²) in [5.41, 5.74) is -2.46. The zero-order valence-corrected chi connectivity index (χ0v) is 11.9. The Bertz CT molecular complexity index is 127. The van der Waals surface area contributed by atoms with E-state index in [1.165, 1.54) is 0 Å². The lowest BCUT2D eigenvalue weighted by Gasteiger charge is -2.40.